The summed E-state index contributed by atoms with van der Waals surface area (Å²) in [7, 11) is 0. The molecule has 0 aliphatic carbocycles. The average molecular weight is 240 g/mol. The molecule has 0 aromatic rings. The molecule has 0 bridgehead atoms. The maximum absolute atomic E-state index is 9.60. The molecule has 0 saturated carbocycles. The van der Waals surface area contributed by atoms with E-state index in [1.54, 1.807) is 6.92 Å². The molecule has 2 atom stereocenters. The highest BCUT2D eigenvalue weighted by Crippen LogP contribution is 2.21. The molecule has 0 fully saturated rings. The summed E-state index contributed by atoms with van der Waals surface area (Å²) in [5.74, 6) is 0.327. The molecule has 0 aromatic heterocycles. The van der Waals surface area contributed by atoms with Gasteiger partial charge in [0.1, 0.15) is 0 Å². The number of rotatable bonds is 7. The highest BCUT2D eigenvalue weighted by atomic mass is 16.3. The van der Waals surface area contributed by atoms with Crippen molar-refractivity contribution in [3.63, 3.8) is 0 Å². The van der Waals surface area contributed by atoms with Gasteiger partial charge in [-0.15, -0.1) is 0 Å². The molecule has 0 rings (SSSR count). The van der Waals surface area contributed by atoms with Crippen molar-refractivity contribution in [2.24, 2.45) is 11.3 Å². The van der Waals surface area contributed by atoms with Gasteiger partial charge in [-0.3, -0.25) is 0 Å². The molecule has 17 heavy (non-hydrogen) atoms. The monoisotopic (exact) mass is 240 g/mol. The second kappa shape index (κ2) is 7.67. The Morgan fingerprint density at radius 1 is 1.06 bits per heavy atom. The largest absolute Gasteiger partial charge is 0.393 e. The van der Waals surface area contributed by atoms with Gasteiger partial charge in [0.25, 0.3) is 0 Å². The van der Waals surface area contributed by atoms with Crippen LogP contribution >= 0.6 is 0 Å². The van der Waals surface area contributed by atoms with E-state index in [0.29, 0.717) is 5.92 Å². The summed E-state index contributed by atoms with van der Waals surface area (Å²) in [5.41, 5.74) is -0.193. The standard InChI is InChI=1S/C15H28O2/c1-12(2)14(17)10-8-6-7-9-11-15(4,5)13(3)16/h6-7,9,11-14,16-17H,8,10H2,1-5H3/b7-6+,11-9+/t13-,14?/m0/s1. The zero-order valence-corrected chi connectivity index (χ0v) is 11.9. The minimum Gasteiger partial charge on any atom is -0.393 e. The maximum Gasteiger partial charge on any atom is 0.0597 e. The second-order valence-corrected chi connectivity index (χ2v) is 5.67. The van der Waals surface area contributed by atoms with Gasteiger partial charge in [-0.25, -0.2) is 0 Å². The summed E-state index contributed by atoms with van der Waals surface area (Å²) in [5, 5.41) is 19.1. The van der Waals surface area contributed by atoms with Gasteiger partial charge >= 0.3 is 0 Å². The maximum atomic E-state index is 9.60. The average Bonchev–Trinajstić information content (AvgIpc) is 2.22. The first-order valence-corrected chi connectivity index (χ1v) is 6.48. The highest BCUT2D eigenvalue weighted by Gasteiger charge is 2.19. The molecule has 0 saturated heterocycles. The predicted molar refractivity (Wildman–Crippen MR) is 73.8 cm³/mol. The number of hydrogen-bond donors (Lipinski definition) is 2. The molecule has 2 nitrogen and oxygen atoms in total. The zero-order valence-electron chi connectivity index (χ0n) is 11.9. The Bertz CT molecular complexity index is 250. The van der Waals surface area contributed by atoms with Gasteiger partial charge in [-0.05, 0) is 25.7 Å². The lowest BCUT2D eigenvalue weighted by Crippen LogP contribution is -2.23. The van der Waals surface area contributed by atoms with Gasteiger partial charge in [0.15, 0.2) is 0 Å². The molecule has 0 aromatic carbocycles. The molecular weight excluding hydrogens is 212 g/mol. The fourth-order valence-electron chi connectivity index (χ4n) is 1.22. The summed E-state index contributed by atoms with van der Waals surface area (Å²) < 4.78 is 0. The van der Waals surface area contributed by atoms with E-state index < -0.39 is 0 Å². The van der Waals surface area contributed by atoms with Crippen LogP contribution in [0.5, 0.6) is 0 Å². The van der Waals surface area contributed by atoms with Crippen molar-refractivity contribution in [1.82, 2.24) is 0 Å². The van der Waals surface area contributed by atoms with Crippen LogP contribution in [0, 0.1) is 11.3 Å². The molecule has 2 N–H and O–H groups in total. The third-order valence-electron chi connectivity index (χ3n) is 3.25. The third-order valence-corrected chi connectivity index (χ3v) is 3.25. The number of aliphatic hydroxyl groups is 2. The van der Waals surface area contributed by atoms with Crippen molar-refractivity contribution in [2.45, 2.75) is 59.7 Å². The van der Waals surface area contributed by atoms with Crippen LogP contribution in [0.15, 0.2) is 24.3 Å². The Morgan fingerprint density at radius 3 is 2.12 bits per heavy atom. The zero-order chi connectivity index (χ0) is 13.5. The lowest BCUT2D eigenvalue weighted by molar-refractivity contribution is 0.0996. The van der Waals surface area contributed by atoms with Crippen LogP contribution in [0.1, 0.15) is 47.5 Å². The van der Waals surface area contributed by atoms with Crippen LogP contribution in [-0.2, 0) is 0 Å². The lowest BCUT2D eigenvalue weighted by Gasteiger charge is -2.23. The van der Waals surface area contributed by atoms with Gasteiger partial charge in [-0.1, -0.05) is 52.0 Å². The Hall–Kier alpha value is -0.600. The van der Waals surface area contributed by atoms with Crippen LogP contribution in [-0.4, -0.2) is 22.4 Å². The van der Waals surface area contributed by atoms with Gasteiger partial charge in [0, 0.05) is 5.41 Å². The molecule has 0 heterocycles. The summed E-state index contributed by atoms with van der Waals surface area (Å²) in [6.07, 6.45) is 9.15. The van der Waals surface area contributed by atoms with Gasteiger partial charge < -0.3 is 10.2 Å². The van der Waals surface area contributed by atoms with E-state index >= 15 is 0 Å². The Labute approximate surface area is 106 Å². The molecule has 2 heteroatoms. The fourth-order valence-corrected chi connectivity index (χ4v) is 1.22. The van der Waals surface area contributed by atoms with Gasteiger partial charge in [0.05, 0.1) is 12.2 Å². The van der Waals surface area contributed by atoms with Crippen molar-refractivity contribution in [1.29, 1.82) is 0 Å². The van der Waals surface area contributed by atoms with Crippen molar-refractivity contribution < 1.29 is 10.2 Å². The lowest BCUT2D eigenvalue weighted by atomic mass is 9.87. The van der Waals surface area contributed by atoms with Crippen molar-refractivity contribution >= 4 is 0 Å². The van der Waals surface area contributed by atoms with E-state index in [0.717, 1.165) is 12.8 Å². The van der Waals surface area contributed by atoms with Crippen LogP contribution in [0.4, 0.5) is 0 Å². The molecule has 0 amide bonds. The first-order chi connectivity index (χ1) is 7.77. The fraction of sp³-hybridized carbons (Fsp3) is 0.733. The SMILES string of the molecule is CC(C)C(O)CC/C=C/C=C/C(C)(C)[C@H](C)O. The Balaban J connectivity index is 3.93. The van der Waals surface area contributed by atoms with Crippen molar-refractivity contribution in [3.8, 4) is 0 Å². The van der Waals surface area contributed by atoms with E-state index in [-0.39, 0.29) is 17.6 Å². The normalized spacial score (nSPS) is 17.2. The number of aliphatic hydroxyl groups excluding tert-OH is 2. The van der Waals surface area contributed by atoms with Crippen molar-refractivity contribution in [2.75, 3.05) is 0 Å². The molecule has 0 spiro atoms. The van der Waals surface area contributed by atoms with Crippen molar-refractivity contribution in [3.05, 3.63) is 24.3 Å². The summed E-state index contributed by atoms with van der Waals surface area (Å²) in [6.45, 7) is 9.86. The van der Waals surface area contributed by atoms with E-state index in [2.05, 4.69) is 6.08 Å². The summed E-state index contributed by atoms with van der Waals surface area (Å²) in [6, 6.07) is 0. The van der Waals surface area contributed by atoms with E-state index in [1.165, 1.54) is 0 Å². The van der Waals surface area contributed by atoms with Crippen LogP contribution in [0.3, 0.4) is 0 Å². The first kappa shape index (κ1) is 16.4. The van der Waals surface area contributed by atoms with E-state index in [4.69, 9.17) is 0 Å². The summed E-state index contributed by atoms with van der Waals surface area (Å²) in [4.78, 5) is 0. The Morgan fingerprint density at radius 2 is 1.65 bits per heavy atom. The molecule has 0 aliphatic rings. The predicted octanol–water partition coefficient (Wildman–Crippen LogP) is 3.30. The quantitative estimate of drug-likeness (QED) is 0.670. The van der Waals surface area contributed by atoms with E-state index in [1.807, 2.05) is 45.9 Å². The topological polar surface area (TPSA) is 40.5 Å². The first-order valence-electron chi connectivity index (χ1n) is 6.48. The second-order valence-electron chi connectivity index (χ2n) is 5.67. The van der Waals surface area contributed by atoms with Gasteiger partial charge in [0.2, 0.25) is 0 Å². The molecule has 1 unspecified atom stereocenters. The van der Waals surface area contributed by atoms with Crippen LogP contribution in [0.2, 0.25) is 0 Å². The molecular formula is C15H28O2. The minimum absolute atomic E-state index is 0.193. The minimum atomic E-state index is -0.352. The molecule has 0 radical (unpaired) electrons. The van der Waals surface area contributed by atoms with Gasteiger partial charge in [-0.2, -0.15) is 0 Å². The third kappa shape index (κ3) is 7.35. The number of allylic oxidation sites excluding steroid dienone is 3. The highest BCUT2D eigenvalue weighted by molar-refractivity contribution is 5.08. The number of hydrogen-bond acceptors (Lipinski definition) is 2. The van der Waals surface area contributed by atoms with E-state index in [9.17, 15) is 10.2 Å². The molecule has 100 valence electrons. The van der Waals surface area contributed by atoms with Crippen LogP contribution in [0.25, 0.3) is 0 Å². The summed E-state index contributed by atoms with van der Waals surface area (Å²) >= 11 is 0. The Kier molecular flexibility index (Phi) is 7.40. The van der Waals surface area contributed by atoms with Crippen LogP contribution < -0.4 is 0 Å². The smallest absolute Gasteiger partial charge is 0.0597 e. The molecule has 0 aliphatic heterocycles.